The molecule has 7 heteroatoms. The number of halogens is 2. The topological polar surface area (TPSA) is 56.6 Å². The molecule has 5 nitrogen and oxygen atoms in total. The second kappa shape index (κ2) is 8.95. The van der Waals surface area contributed by atoms with Crippen molar-refractivity contribution in [2.75, 3.05) is 20.6 Å². The van der Waals surface area contributed by atoms with Crippen molar-refractivity contribution in [1.29, 1.82) is 5.26 Å². The minimum atomic E-state index is -2.84. The molecule has 1 aromatic carbocycles. The minimum absolute atomic E-state index is 0.0893. The molecule has 26 heavy (non-hydrogen) atoms. The van der Waals surface area contributed by atoms with E-state index in [-0.39, 0.29) is 18.2 Å². The summed E-state index contributed by atoms with van der Waals surface area (Å²) in [6, 6.07) is 8.71. The van der Waals surface area contributed by atoms with Crippen molar-refractivity contribution in [3.63, 3.8) is 0 Å². The van der Waals surface area contributed by atoms with Crippen LogP contribution in [0.15, 0.2) is 24.3 Å². The number of carbonyl (C=O) groups excluding carboxylic acids is 1. The molecule has 0 aromatic heterocycles. The zero-order valence-electron chi connectivity index (χ0n) is 15.3. The fraction of sp³-hybridized carbons (Fsp3) is 0.579. The maximum absolute atomic E-state index is 12.6. The Labute approximate surface area is 153 Å². The number of ether oxygens (including phenoxy) is 1. The first-order valence-corrected chi connectivity index (χ1v) is 8.76. The lowest BCUT2D eigenvalue weighted by atomic mass is 9.81. The van der Waals surface area contributed by atoms with Gasteiger partial charge >= 0.3 is 6.61 Å². The SMILES string of the molecule is CN(CC(=O)N(C)C1(C#N)CCCCC1)Cc1ccc(OC(F)F)cc1. The lowest BCUT2D eigenvalue weighted by Gasteiger charge is -2.39. The first-order valence-electron chi connectivity index (χ1n) is 8.76. The van der Waals surface area contributed by atoms with Gasteiger partial charge in [-0.3, -0.25) is 9.69 Å². The highest BCUT2D eigenvalue weighted by Gasteiger charge is 2.38. The Morgan fingerprint density at radius 2 is 1.85 bits per heavy atom. The van der Waals surface area contributed by atoms with E-state index in [1.807, 2.05) is 11.9 Å². The second-order valence-electron chi connectivity index (χ2n) is 6.85. The molecule has 1 aromatic rings. The maximum atomic E-state index is 12.6. The van der Waals surface area contributed by atoms with Crippen molar-refractivity contribution in [2.45, 2.75) is 50.8 Å². The van der Waals surface area contributed by atoms with Gasteiger partial charge < -0.3 is 9.64 Å². The summed E-state index contributed by atoms with van der Waals surface area (Å²) in [4.78, 5) is 16.1. The van der Waals surface area contributed by atoms with Gasteiger partial charge in [0.1, 0.15) is 11.3 Å². The molecule has 1 amide bonds. The molecule has 0 heterocycles. The van der Waals surface area contributed by atoms with E-state index in [4.69, 9.17) is 0 Å². The van der Waals surface area contributed by atoms with Gasteiger partial charge in [0.05, 0.1) is 12.6 Å². The van der Waals surface area contributed by atoms with E-state index < -0.39 is 12.2 Å². The zero-order chi connectivity index (χ0) is 19.2. The molecule has 0 radical (unpaired) electrons. The summed E-state index contributed by atoms with van der Waals surface area (Å²) in [6.07, 6.45) is 4.49. The molecule has 0 bridgehead atoms. The van der Waals surface area contributed by atoms with Crippen molar-refractivity contribution in [1.82, 2.24) is 9.80 Å². The van der Waals surface area contributed by atoms with Crippen LogP contribution in [0.25, 0.3) is 0 Å². The largest absolute Gasteiger partial charge is 0.435 e. The molecule has 0 atom stereocenters. The molecule has 1 saturated carbocycles. The number of hydrogen-bond acceptors (Lipinski definition) is 4. The average molecular weight is 365 g/mol. The van der Waals surface area contributed by atoms with Crippen LogP contribution in [0.4, 0.5) is 8.78 Å². The summed E-state index contributed by atoms with van der Waals surface area (Å²) in [5.74, 6) is 0.0177. The van der Waals surface area contributed by atoms with Crippen LogP contribution in [-0.2, 0) is 11.3 Å². The molecular weight excluding hydrogens is 340 g/mol. The number of alkyl halides is 2. The molecule has 0 unspecified atom stereocenters. The van der Waals surface area contributed by atoms with E-state index in [0.717, 1.165) is 37.7 Å². The molecule has 0 spiro atoms. The Bertz CT molecular complexity index is 637. The smallest absolute Gasteiger partial charge is 0.387 e. The molecule has 142 valence electrons. The van der Waals surface area contributed by atoms with E-state index in [0.29, 0.717) is 6.54 Å². The van der Waals surface area contributed by atoms with E-state index in [9.17, 15) is 18.8 Å². The highest BCUT2D eigenvalue weighted by Crippen LogP contribution is 2.32. The summed E-state index contributed by atoms with van der Waals surface area (Å²) >= 11 is 0. The van der Waals surface area contributed by atoms with Gasteiger partial charge in [0.2, 0.25) is 5.91 Å². The number of hydrogen-bond donors (Lipinski definition) is 0. The number of benzene rings is 1. The van der Waals surface area contributed by atoms with Crippen LogP contribution in [0.5, 0.6) is 5.75 Å². The predicted molar refractivity (Wildman–Crippen MR) is 93.6 cm³/mol. The Hall–Kier alpha value is -2.20. The number of nitriles is 1. The van der Waals surface area contributed by atoms with Crippen molar-refractivity contribution < 1.29 is 18.3 Å². The van der Waals surface area contributed by atoms with Crippen molar-refractivity contribution in [3.05, 3.63) is 29.8 Å². The third-order valence-corrected chi connectivity index (χ3v) is 4.91. The number of rotatable bonds is 7. The van der Waals surface area contributed by atoms with Crippen LogP contribution in [0.3, 0.4) is 0 Å². The standard InChI is InChI=1S/C19H25F2N3O2/c1-23(12-15-6-8-16(9-7-15)26-18(20)21)13-17(25)24(2)19(14-22)10-4-3-5-11-19/h6-9,18H,3-5,10-13H2,1-2H3. The van der Waals surface area contributed by atoms with Crippen LogP contribution >= 0.6 is 0 Å². The monoisotopic (exact) mass is 365 g/mol. The second-order valence-corrected chi connectivity index (χ2v) is 6.85. The molecule has 0 aliphatic heterocycles. The molecule has 0 saturated heterocycles. The third-order valence-electron chi connectivity index (χ3n) is 4.91. The summed E-state index contributed by atoms with van der Waals surface area (Å²) in [5.41, 5.74) is 0.196. The van der Waals surface area contributed by atoms with E-state index in [1.165, 1.54) is 12.1 Å². The summed E-state index contributed by atoms with van der Waals surface area (Å²) in [7, 11) is 3.52. The normalized spacial score (nSPS) is 16.3. The lowest BCUT2D eigenvalue weighted by Crippen LogP contribution is -2.52. The van der Waals surface area contributed by atoms with Gasteiger partial charge in [-0.2, -0.15) is 14.0 Å². The van der Waals surface area contributed by atoms with Crippen LogP contribution < -0.4 is 4.74 Å². The van der Waals surface area contributed by atoms with Gasteiger partial charge in [-0.1, -0.05) is 31.4 Å². The number of likely N-dealkylation sites (N-methyl/N-ethyl adjacent to an activating group) is 2. The first kappa shape index (κ1) is 20.1. The van der Waals surface area contributed by atoms with Crippen LogP contribution in [0.1, 0.15) is 37.7 Å². The third kappa shape index (κ3) is 5.15. The van der Waals surface area contributed by atoms with Crippen molar-refractivity contribution in [3.8, 4) is 11.8 Å². The van der Waals surface area contributed by atoms with Gasteiger partial charge in [-0.25, -0.2) is 0 Å². The Morgan fingerprint density at radius 1 is 1.23 bits per heavy atom. The molecular formula is C19H25F2N3O2. The van der Waals surface area contributed by atoms with Gasteiger partial charge in [0, 0.05) is 13.6 Å². The highest BCUT2D eigenvalue weighted by atomic mass is 19.3. The van der Waals surface area contributed by atoms with Gasteiger partial charge in [-0.05, 0) is 37.6 Å². The Kier molecular flexibility index (Phi) is 6.92. The molecule has 2 rings (SSSR count). The molecule has 0 N–H and O–H groups in total. The van der Waals surface area contributed by atoms with Gasteiger partial charge in [-0.15, -0.1) is 0 Å². The Balaban J connectivity index is 1.91. The maximum Gasteiger partial charge on any atom is 0.387 e. The van der Waals surface area contributed by atoms with Gasteiger partial charge in [0.15, 0.2) is 0 Å². The fourth-order valence-corrected chi connectivity index (χ4v) is 3.38. The van der Waals surface area contributed by atoms with Crippen LogP contribution in [-0.4, -0.2) is 48.5 Å². The zero-order valence-corrected chi connectivity index (χ0v) is 15.3. The number of carbonyl (C=O) groups is 1. The van der Waals surface area contributed by atoms with Crippen molar-refractivity contribution >= 4 is 5.91 Å². The predicted octanol–water partition coefficient (Wildman–Crippen LogP) is 3.40. The Morgan fingerprint density at radius 3 is 2.38 bits per heavy atom. The summed E-state index contributed by atoms with van der Waals surface area (Å²) < 4.78 is 28.7. The first-order chi connectivity index (χ1) is 12.4. The molecule has 1 aliphatic rings. The van der Waals surface area contributed by atoms with E-state index in [2.05, 4.69) is 10.8 Å². The van der Waals surface area contributed by atoms with E-state index in [1.54, 1.807) is 24.1 Å². The average Bonchev–Trinajstić information content (AvgIpc) is 2.62. The molecule has 1 aliphatic carbocycles. The summed E-state index contributed by atoms with van der Waals surface area (Å²) in [5, 5.41) is 9.60. The quantitative estimate of drug-likeness (QED) is 0.743. The van der Waals surface area contributed by atoms with Crippen LogP contribution in [0.2, 0.25) is 0 Å². The number of nitrogens with zero attached hydrogens (tertiary/aromatic N) is 3. The molecule has 1 fully saturated rings. The minimum Gasteiger partial charge on any atom is -0.435 e. The summed E-state index contributed by atoms with van der Waals surface area (Å²) in [6.45, 7) is -2.16. The number of amides is 1. The van der Waals surface area contributed by atoms with E-state index >= 15 is 0 Å². The van der Waals surface area contributed by atoms with Crippen LogP contribution in [0, 0.1) is 11.3 Å². The fourth-order valence-electron chi connectivity index (χ4n) is 3.38. The van der Waals surface area contributed by atoms with Gasteiger partial charge in [0.25, 0.3) is 0 Å². The lowest BCUT2D eigenvalue weighted by molar-refractivity contribution is -0.135. The van der Waals surface area contributed by atoms with Crippen molar-refractivity contribution in [2.24, 2.45) is 0 Å². The highest BCUT2D eigenvalue weighted by molar-refractivity contribution is 5.79.